The monoisotopic (exact) mass is 246 g/mol. The van der Waals surface area contributed by atoms with Crippen molar-refractivity contribution < 1.29 is 9.90 Å². The van der Waals surface area contributed by atoms with Crippen LogP contribution in [0.3, 0.4) is 0 Å². The molecule has 2 aliphatic carbocycles. The Kier molecular flexibility index (Phi) is 3.04. The molecule has 2 saturated carbocycles. The second-order valence-corrected chi connectivity index (χ2v) is 5.48. The molecule has 1 heterocycles. The van der Waals surface area contributed by atoms with Crippen LogP contribution in [0.2, 0.25) is 0 Å². The maximum atomic E-state index is 10.8. The molecule has 3 unspecified atom stereocenters. The van der Waals surface area contributed by atoms with Gasteiger partial charge >= 0.3 is 5.97 Å². The standard InChI is InChI=1S/C14H18N2O2/c17-14(18)12-3-1-2-11(16-12)8-15-13-7-9-4-5-10(13)6-9/h1-3,9-10,13,15H,4-8H2,(H,17,18). The van der Waals surface area contributed by atoms with E-state index in [0.29, 0.717) is 12.6 Å². The van der Waals surface area contributed by atoms with Gasteiger partial charge < -0.3 is 10.4 Å². The number of carbonyl (C=O) groups is 1. The minimum atomic E-state index is -0.961. The zero-order chi connectivity index (χ0) is 12.5. The van der Waals surface area contributed by atoms with E-state index in [1.807, 2.05) is 6.07 Å². The lowest BCUT2D eigenvalue weighted by atomic mass is 9.95. The van der Waals surface area contributed by atoms with Crippen LogP contribution in [-0.4, -0.2) is 22.1 Å². The topological polar surface area (TPSA) is 62.2 Å². The van der Waals surface area contributed by atoms with E-state index in [9.17, 15) is 4.79 Å². The Morgan fingerprint density at radius 2 is 2.28 bits per heavy atom. The van der Waals surface area contributed by atoms with Crippen molar-refractivity contribution in [2.75, 3.05) is 0 Å². The van der Waals surface area contributed by atoms with Crippen molar-refractivity contribution in [3.05, 3.63) is 29.6 Å². The number of fused-ring (bicyclic) bond motifs is 2. The number of nitrogens with zero attached hydrogens (tertiary/aromatic N) is 1. The number of carboxylic acid groups (broad SMARTS) is 1. The molecule has 0 radical (unpaired) electrons. The van der Waals surface area contributed by atoms with Gasteiger partial charge in [-0.05, 0) is 43.2 Å². The normalized spacial score (nSPS) is 29.7. The molecule has 4 nitrogen and oxygen atoms in total. The summed E-state index contributed by atoms with van der Waals surface area (Å²) in [5.41, 5.74) is 0.944. The van der Waals surface area contributed by atoms with Gasteiger partial charge in [-0.25, -0.2) is 9.78 Å². The first-order valence-corrected chi connectivity index (χ1v) is 6.65. The van der Waals surface area contributed by atoms with Gasteiger partial charge in [0.1, 0.15) is 5.69 Å². The van der Waals surface area contributed by atoms with Crippen LogP contribution in [0.15, 0.2) is 18.2 Å². The molecule has 0 aromatic carbocycles. The van der Waals surface area contributed by atoms with Crippen LogP contribution >= 0.6 is 0 Å². The molecule has 2 bridgehead atoms. The molecule has 3 atom stereocenters. The van der Waals surface area contributed by atoms with Crippen LogP contribution in [0, 0.1) is 11.8 Å². The first-order chi connectivity index (χ1) is 8.72. The molecule has 0 aliphatic heterocycles. The number of rotatable bonds is 4. The van der Waals surface area contributed by atoms with E-state index in [-0.39, 0.29) is 5.69 Å². The zero-order valence-corrected chi connectivity index (χ0v) is 10.3. The highest BCUT2D eigenvalue weighted by Gasteiger charge is 2.38. The van der Waals surface area contributed by atoms with Gasteiger partial charge in [-0.3, -0.25) is 0 Å². The van der Waals surface area contributed by atoms with Crippen molar-refractivity contribution >= 4 is 5.97 Å². The molecule has 2 N–H and O–H groups in total. The maximum Gasteiger partial charge on any atom is 0.354 e. The summed E-state index contributed by atoms with van der Waals surface area (Å²) in [7, 11) is 0. The highest BCUT2D eigenvalue weighted by Crippen LogP contribution is 2.44. The minimum Gasteiger partial charge on any atom is -0.477 e. The fourth-order valence-corrected chi connectivity index (χ4v) is 3.43. The molecule has 1 aromatic heterocycles. The fraction of sp³-hybridized carbons (Fsp3) is 0.571. The van der Waals surface area contributed by atoms with Crippen LogP contribution in [0.4, 0.5) is 0 Å². The summed E-state index contributed by atoms with van der Waals surface area (Å²) >= 11 is 0. The van der Waals surface area contributed by atoms with Gasteiger partial charge in [0, 0.05) is 12.6 Å². The Morgan fingerprint density at radius 3 is 2.94 bits per heavy atom. The van der Waals surface area contributed by atoms with Crippen molar-refractivity contribution in [1.82, 2.24) is 10.3 Å². The molecule has 3 rings (SSSR count). The van der Waals surface area contributed by atoms with Crippen LogP contribution in [0.1, 0.15) is 41.9 Å². The molecule has 1 aromatic rings. The van der Waals surface area contributed by atoms with E-state index in [2.05, 4.69) is 10.3 Å². The first-order valence-electron chi connectivity index (χ1n) is 6.65. The summed E-state index contributed by atoms with van der Waals surface area (Å²) in [6.07, 6.45) is 5.41. The largest absolute Gasteiger partial charge is 0.477 e. The number of nitrogens with one attached hydrogen (secondary N) is 1. The van der Waals surface area contributed by atoms with E-state index in [4.69, 9.17) is 5.11 Å². The Labute approximate surface area is 106 Å². The summed E-state index contributed by atoms with van der Waals surface area (Å²) in [5.74, 6) is 0.792. The zero-order valence-electron chi connectivity index (χ0n) is 10.3. The highest BCUT2D eigenvalue weighted by atomic mass is 16.4. The Hall–Kier alpha value is -1.42. The number of pyridine rings is 1. The average molecular weight is 246 g/mol. The number of carboxylic acids is 1. The third-order valence-electron chi connectivity index (χ3n) is 4.31. The van der Waals surface area contributed by atoms with Gasteiger partial charge in [-0.15, -0.1) is 0 Å². The summed E-state index contributed by atoms with van der Waals surface area (Å²) < 4.78 is 0. The summed E-state index contributed by atoms with van der Waals surface area (Å²) in [6, 6.07) is 5.78. The fourth-order valence-electron chi connectivity index (χ4n) is 3.43. The second-order valence-electron chi connectivity index (χ2n) is 5.48. The van der Waals surface area contributed by atoms with Gasteiger partial charge in [0.15, 0.2) is 0 Å². The van der Waals surface area contributed by atoms with Crippen molar-refractivity contribution in [2.45, 2.75) is 38.3 Å². The van der Waals surface area contributed by atoms with Crippen LogP contribution in [0.5, 0.6) is 0 Å². The third kappa shape index (κ3) is 2.25. The van der Waals surface area contributed by atoms with Crippen molar-refractivity contribution in [3.8, 4) is 0 Å². The molecule has 96 valence electrons. The van der Waals surface area contributed by atoms with Gasteiger partial charge in [-0.1, -0.05) is 12.5 Å². The van der Waals surface area contributed by atoms with E-state index in [1.54, 1.807) is 6.07 Å². The molecule has 4 heteroatoms. The lowest BCUT2D eigenvalue weighted by Gasteiger charge is -2.22. The predicted molar refractivity (Wildman–Crippen MR) is 67.3 cm³/mol. The van der Waals surface area contributed by atoms with Crippen molar-refractivity contribution in [1.29, 1.82) is 0 Å². The number of hydrogen-bond donors (Lipinski definition) is 2. The highest BCUT2D eigenvalue weighted by molar-refractivity contribution is 5.85. The van der Waals surface area contributed by atoms with Crippen LogP contribution < -0.4 is 5.32 Å². The Morgan fingerprint density at radius 1 is 1.39 bits per heavy atom. The van der Waals surface area contributed by atoms with Crippen molar-refractivity contribution in [2.24, 2.45) is 11.8 Å². The van der Waals surface area contributed by atoms with Gasteiger partial charge in [0.2, 0.25) is 0 Å². The molecule has 2 fully saturated rings. The molecule has 0 amide bonds. The van der Waals surface area contributed by atoms with Crippen molar-refractivity contribution in [3.63, 3.8) is 0 Å². The van der Waals surface area contributed by atoms with E-state index in [1.165, 1.54) is 31.7 Å². The third-order valence-corrected chi connectivity index (χ3v) is 4.31. The number of aromatic nitrogens is 1. The maximum absolute atomic E-state index is 10.8. The molecule has 18 heavy (non-hydrogen) atoms. The first kappa shape index (κ1) is 11.7. The molecular weight excluding hydrogens is 228 g/mol. The predicted octanol–water partition coefficient (Wildman–Crippen LogP) is 2.06. The lowest BCUT2D eigenvalue weighted by Crippen LogP contribution is -2.33. The summed E-state index contributed by atoms with van der Waals surface area (Å²) in [6.45, 7) is 0.676. The minimum absolute atomic E-state index is 0.127. The van der Waals surface area contributed by atoms with Gasteiger partial charge in [0.05, 0.1) is 5.69 Å². The quantitative estimate of drug-likeness (QED) is 0.853. The molecule has 2 aliphatic rings. The van der Waals surface area contributed by atoms with E-state index in [0.717, 1.165) is 17.5 Å². The SMILES string of the molecule is O=C(O)c1cccc(CNC2CC3CCC2C3)n1. The second kappa shape index (κ2) is 4.69. The number of aromatic carboxylic acids is 1. The molecular formula is C14H18N2O2. The van der Waals surface area contributed by atoms with E-state index >= 15 is 0 Å². The van der Waals surface area contributed by atoms with Crippen LogP contribution in [0.25, 0.3) is 0 Å². The average Bonchev–Trinajstić information content (AvgIpc) is 2.99. The smallest absolute Gasteiger partial charge is 0.354 e. The number of hydrogen-bond acceptors (Lipinski definition) is 3. The molecule has 0 spiro atoms. The molecule has 0 saturated heterocycles. The summed E-state index contributed by atoms with van der Waals surface area (Å²) in [4.78, 5) is 15.0. The lowest BCUT2D eigenvalue weighted by molar-refractivity contribution is 0.0690. The van der Waals surface area contributed by atoms with E-state index < -0.39 is 5.97 Å². The Bertz CT molecular complexity index is 461. The van der Waals surface area contributed by atoms with Gasteiger partial charge in [-0.2, -0.15) is 0 Å². The Balaban J connectivity index is 1.60. The van der Waals surface area contributed by atoms with Gasteiger partial charge in [0.25, 0.3) is 0 Å². The van der Waals surface area contributed by atoms with Crippen LogP contribution in [-0.2, 0) is 6.54 Å². The summed E-state index contributed by atoms with van der Waals surface area (Å²) in [5, 5.41) is 12.4.